The van der Waals surface area contributed by atoms with Crippen molar-refractivity contribution in [3.8, 4) is 17.2 Å². The minimum Gasteiger partial charge on any atom is -0.456 e. The first-order chi connectivity index (χ1) is 27.3. The first-order valence-electron chi connectivity index (χ1n) is 18.6. The second kappa shape index (κ2) is 10.8. The molecule has 0 radical (unpaired) electrons. The summed E-state index contributed by atoms with van der Waals surface area (Å²) in [6, 6.07) is 58.9. The molecule has 0 bridgehead atoms. The lowest BCUT2D eigenvalue weighted by atomic mass is 9.91. The highest BCUT2D eigenvalue weighted by Crippen LogP contribution is 2.45. The smallest absolute Gasteiger partial charge is 0.235 e. The maximum Gasteiger partial charge on any atom is 0.235 e. The molecule has 0 unspecified atom stereocenters. The fraction of sp³-hybridized carbons (Fsp3) is 0. The van der Waals surface area contributed by atoms with Crippen LogP contribution < -0.4 is 0 Å². The van der Waals surface area contributed by atoms with Gasteiger partial charge in [0.1, 0.15) is 11.2 Å². The molecule has 4 aromatic heterocycles. The van der Waals surface area contributed by atoms with Gasteiger partial charge in [-0.15, -0.1) is 11.3 Å². The molecule has 0 fully saturated rings. The van der Waals surface area contributed by atoms with Crippen molar-refractivity contribution in [1.29, 1.82) is 0 Å². The number of fused-ring (bicyclic) bond motifs is 17. The van der Waals surface area contributed by atoms with Crippen LogP contribution in [0.25, 0.3) is 124 Å². The molecule has 13 rings (SSSR count). The Morgan fingerprint density at radius 1 is 0.436 bits per heavy atom. The normalized spacial score (nSPS) is 12.4. The Labute approximate surface area is 317 Å². The van der Waals surface area contributed by atoms with E-state index in [1.54, 1.807) is 11.3 Å². The third-order valence-electron chi connectivity index (χ3n) is 11.6. The lowest BCUT2D eigenvalue weighted by Crippen LogP contribution is -2.02. The number of aromatic nitrogens is 3. The van der Waals surface area contributed by atoms with Crippen molar-refractivity contribution >= 4 is 118 Å². The fourth-order valence-corrected chi connectivity index (χ4v) is 10.3. The largest absolute Gasteiger partial charge is 0.456 e. The molecule has 0 aliphatic heterocycles. The van der Waals surface area contributed by atoms with E-state index in [0.29, 0.717) is 5.95 Å². The molecule has 0 N–H and O–H groups in total. The minimum absolute atomic E-state index is 0.649. The highest BCUT2D eigenvalue weighted by molar-refractivity contribution is 7.26. The van der Waals surface area contributed by atoms with E-state index in [1.165, 1.54) is 58.6 Å². The molecule has 0 saturated heterocycles. The van der Waals surface area contributed by atoms with Crippen molar-refractivity contribution in [1.82, 2.24) is 14.5 Å². The summed E-state index contributed by atoms with van der Waals surface area (Å²) in [5, 5.41) is 15.6. The van der Waals surface area contributed by atoms with Gasteiger partial charge in [-0.3, -0.25) is 4.57 Å². The van der Waals surface area contributed by atoms with Gasteiger partial charge < -0.3 is 4.42 Å². The zero-order valence-corrected chi connectivity index (χ0v) is 30.1. The van der Waals surface area contributed by atoms with Crippen molar-refractivity contribution in [2.45, 2.75) is 0 Å². The van der Waals surface area contributed by atoms with Crippen LogP contribution in [0, 0.1) is 0 Å². The molecular weight excluding hydrogens is 691 g/mol. The number of hydrogen-bond donors (Lipinski definition) is 0. The number of furan rings is 1. The van der Waals surface area contributed by atoms with Gasteiger partial charge >= 0.3 is 0 Å². The van der Waals surface area contributed by atoms with Gasteiger partial charge in [-0.1, -0.05) is 121 Å². The van der Waals surface area contributed by atoms with Crippen molar-refractivity contribution in [2.24, 2.45) is 0 Å². The van der Waals surface area contributed by atoms with Gasteiger partial charge in [-0.25, -0.2) is 9.97 Å². The molecule has 0 spiro atoms. The van der Waals surface area contributed by atoms with Gasteiger partial charge in [0.25, 0.3) is 0 Å². The molecule has 55 heavy (non-hydrogen) atoms. The molecule has 0 aliphatic carbocycles. The minimum atomic E-state index is 0.649. The van der Waals surface area contributed by atoms with Crippen LogP contribution in [0.5, 0.6) is 0 Å². The Morgan fingerprint density at radius 3 is 1.87 bits per heavy atom. The predicted octanol–water partition coefficient (Wildman–Crippen LogP) is 14.1. The second-order valence-electron chi connectivity index (χ2n) is 14.5. The maximum absolute atomic E-state index is 6.41. The average Bonchev–Trinajstić information content (AvgIpc) is 3.91. The first kappa shape index (κ1) is 29.4. The topological polar surface area (TPSA) is 43.9 Å². The van der Waals surface area contributed by atoms with E-state index in [-0.39, 0.29) is 0 Å². The van der Waals surface area contributed by atoms with Crippen molar-refractivity contribution in [3.05, 3.63) is 164 Å². The van der Waals surface area contributed by atoms with Gasteiger partial charge in [0.2, 0.25) is 5.95 Å². The fourth-order valence-electron chi connectivity index (χ4n) is 9.15. The molecule has 4 nitrogen and oxygen atoms in total. The van der Waals surface area contributed by atoms with E-state index in [2.05, 4.69) is 156 Å². The van der Waals surface area contributed by atoms with Gasteiger partial charge in [0.15, 0.2) is 0 Å². The van der Waals surface area contributed by atoms with Crippen molar-refractivity contribution in [2.75, 3.05) is 0 Å². The quantitative estimate of drug-likeness (QED) is 0.167. The number of rotatable bonds is 2. The summed E-state index contributed by atoms with van der Waals surface area (Å²) in [5.41, 5.74) is 6.75. The molecule has 0 aliphatic rings. The van der Waals surface area contributed by atoms with E-state index < -0.39 is 0 Å². The average molecular weight is 718 g/mol. The summed E-state index contributed by atoms with van der Waals surface area (Å²) in [5.74, 6) is 0.649. The van der Waals surface area contributed by atoms with Crippen LogP contribution in [-0.4, -0.2) is 14.5 Å². The Hall–Kier alpha value is -7.08. The summed E-state index contributed by atoms with van der Waals surface area (Å²) in [6.07, 6.45) is 0. The number of benzene rings is 9. The van der Waals surface area contributed by atoms with Crippen molar-refractivity contribution < 1.29 is 4.42 Å². The Balaban J connectivity index is 1.20. The molecular formula is C50H27N3OS. The molecule has 5 heteroatoms. The highest BCUT2D eigenvalue weighted by atomic mass is 32.1. The van der Waals surface area contributed by atoms with Crippen LogP contribution in [0.2, 0.25) is 0 Å². The maximum atomic E-state index is 6.41. The SMILES string of the molecule is c1ccc2cc3c(cc2c1)c1c2c4ccccc4c4ccccc4c2ccc1n3-c1nc(-c2ccc3c(c2)oc2ccccc23)c2sc3ccccc3c2n1. The van der Waals surface area contributed by atoms with Gasteiger partial charge in [-0.05, 0) is 80.2 Å². The van der Waals surface area contributed by atoms with Crippen LogP contribution in [-0.2, 0) is 0 Å². The summed E-state index contributed by atoms with van der Waals surface area (Å²) >= 11 is 1.75. The third kappa shape index (κ3) is 4.00. The Morgan fingerprint density at radius 2 is 1.05 bits per heavy atom. The summed E-state index contributed by atoms with van der Waals surface area (Å²) in [4.78, 5) is 11.1. The van der Waals surface area contributed by atoms with Crippen LogP contribution in [0.3, 0.4) is 0 Å². The molecule has 254 valence electrons. The number of nitrogens with zero attached hydrogens (tertiary/aromatic N) is 3. The van der Waals surface area contributed by atoms with Gasteiger partial charge in [0.05, 0.1) is 26.9 Å². The summed E-state index contributed by atoms with van der Waals surface area (Å²) in [6.45, 7) is 0. The van der Waals surface area contributed by atoms with Gasteiger partial charge in [0, 0.05) is 42.6 Å². The molecule has 0 amide bonds. The molecule has 9 aromatic carbocycles. The van der Waals surface area contributed by atoms with Crippen LogP contribution >= 0.6 is 11.3 Å². The monoisotopic (exact) mass is 717 g/mol. The number of thiophene rings is 1. The zero-order chi connectivity index (χ0) is 35.8. The molecule has 0 saturated carbocycles. The Bertz CT molecular complexity index is 3760. The Kier molecular flexibility index (Phi) is 5.74. The highest BCUT2D eigenvalue weighted by Gasteiger charge is 2.23. The number of para-hydroxylation sites is 1. The van der Waals surface area contributed by atoms with Crippen LogP contribution in [0.4, 0.5) is 0 Å². The third-order valence-corrected chi connectivity index (χ3v) is 12.7. The standard InChI is InChI=1S/C50H27N3OS/c1-2-12-29-26-41-39(25-28(29)11-1)46-40(24-23-37-33-15-4-3-13-31(33)32-14-5-6-17-36(32)45(37)46)53(41)50-51-47(49-48(52-50)38-18-8-10-20-44(38)55-49)30-21-22-35-34-16-7-9-19-42(34)54-43(35)27-30/h1-27H. The predicted molar refractivity (Wildman–Crippen MR) is 232 cm³/mol. The lowest BCUT2D eigenvalue weighted by Gasteiger charge is -2.13. The van der Waals surface area contributed by atoms with Gasteiger partial charge in [-0.2, -0.15) is 0 Å². The van der Waals surface area contributed by atoms with Crippen LogP contribution in [0.1, 0.15) is 0 Å². The van der Waals surface area contributed by atoms with E-state index in [1.807, 2.05) is 12.1 Å². The van der Waals surface area contributed by atoms with E-state index in [4.69, 9.17) is 14.4 Å². The lowest BCUT2D eigenvalue weighted by molar-refractivity contribution is 0.669. The molecule has 13 aromatic rings. The second-order valence-corrected chi connectivity index (χ2v) is 15.5. The molecule has 0 atom stereocenters. The van der Waals surface area contributed by atoms with E-state index >= 15 is 0 Å². The summed E-state index contributed by atoms with van der Waals surface area (Å²) < 4.78 is 11.0. The van der Waals surface area contributed by atoms with E-state index in [0.717, 1.165) is 59.8 Å². The molecule has 4 heterocycles. The van der Waals surface area contributed by atoms with E-state index in [9.17, 15) is 0 Å². The number of hydrogen-bond acceptors (Lipinski definition) is 4. The van der Waals surface area contributed by atoms with Crippen LogP contribution in [0.15, 0.2) is 168 Å². The summed E-state index contributed by atoms with van der Waals surface area (Å²) in [7, 11) is 0. The zero-order valence-electron chi connectivity index (χ0n) is 29.2. The van der Waals surface area contributed by atoms with Crippen molar-refractivity contribution in [3.63, 3.8) is 0 Å². The first-order valence-corrected chi connectivity index (χ1v) is 19.4.